The first-order valence-corrected chi connectivity index (χ1v) is 16.1. The van der Waals surface area contributed by atoms with E-state index in [0.717, 1.165) is 25.7 Å². The molecule has 0 saturated carbocycles. The third-order valence-electron chi connectivity index (χ3n) is 7.61. The maximum atomic E-state index is 10.2. The molecule has 2 heteroatoms. The molecule has 0 aromatic rings. The Bertz CT molecular complexity index is 323. The number of unbranched alkanes of at least 4 members (excludes halogenated alkanes) is 21. The van der Waals surface area contributed by atoms with Crippen LogP contribution in [0.5, 0.6) is 0 Å². The van der Waals surface area contributed by atoms with Crippen LogP contribution < -0.4 is 0 Å². The van der Waals surface area contributed by atoms with Crippen LogP contribution >= 0.6 is 0 Å². The molecule has 0 aliphatic rings. The van der Waals surface area contributed by atoms with Gasteiger partial charge in [0.1, 0.15) is 0 Å². The minimum Gasteiger partial charge on any atom is -0.393 e. The summed E-state index contributed by atoms with van der Waals surface area (Å²) in [5.74, 6) is 0. The highest BCUT2D eigenvalue weighted by Crippen LogP contribution is 2.17. The molecule has 0 aromatic heterocycles. The first-order chi connectivity index (χ1) is 16.7. The topological polar surface area (TPSA) is 40.5 Å². The molecule has 0 rings (SSSR count). The third-order valence-corrected chi connectivity index (χ3v) is 7.61. The van der Waals surface area contributed by atoms with Gasteiger partial charge in [0.15, 0.2) is 0 Å². The Morgan fingerprint density at radius 1 is 0.294 bits per heavy atom. The summed E-state index contributed by atoms with van der Waals surface area (Å²) < 4.78 is 0. The molecular formula is C32H66O2. The number of hydrogen-bond acceptors (Lipinski definition) is 2. The minimum atomic E-state index is -0.0687. The molecule has 2 atom stereocenters. The average molecular weight is 483 g/mol. The molecular weight excluding hydrogens is 416 g/mol. The fourth-order valence-corrected chi connectivity index (χ4v) is 5.14. The van der Waals surface area contributed by atoms with Crippen LogP contribution in [0.2, 0.25) is 0 Å². The van der Waals surface area contributed by atoms with Crippen LogP contribution in [0, 0.1) is 0 Å². The first-order valence-electron chi connectivity index (χ1n) is 16.1. The Hall–Kier alpha value is -0.0800. The summed E-state index contributed by atoms with van der Waals surface area (Å²) in [5, 5.41) is 20.4. The van der Waals surface area contributed by atoms with Crippen LogP contribution in [0.4, 0.5) is 0 Å². The predicted molar refractivity (Wildman–Crippen MR) is 153 cm³/mol. The Labute approximate surface area is 216 Å². The number of aliphatic hydroxyl groups is 2. The van der Waals surface area contributed by atoms with Crippen molar-refractivity contribution >= 4 is 0 Å². The highest BCUT2D eigenvalue weighted by atomic mass is 16.3. The van der Waals surface area contributed by atoms with Crippen molar-refractivity contribution in [3.05, 3.63) is 0 Å². The Morgan fingerprint density at radius 2 is 0.471 bits per heavy atom. The predicted octanol–water partition coefficient (Wildman–Crippen LogP) is 10.7. The van der Waals surface area contributed by atoms with Gasteiger partial charge in [0.05, 0.1) is 12.2 Å². The molecule has 2 N–H and O–H groups in total. The van der Waals surface area contributed by atoms with E-state index in [4.69, 9.17) is 0 Å². The van der Waals surface area contributed by atoms with Crippen molar-refractivity contribution in [2.75, 3.05) is 0 Å². The van der Waals surface area contributed by atoms with E-state index >= 15 is 0 Å². The van der Waals surface area contributed by atoms with Gasteiger partial charge >= 0.3 is 0 Å². The van der Waals surface area contributed by atoms with Gasteiger partial charge in [-0.3, -0.25) is 0 Å². The second-order valence-corrected chi connectivity index (χ2v) is 11.2. The van der Waals surface area contributed by atoms with E-state index in [1.807, 2.05) is 0 Å². The van der Waals surface area contributed by atoms with Crippen molar-refractivity contribution in [2.45, 2.75) is 206 Å². The molecule has 0 heterocycles. The molecule has 0 aliphatic heterocycles. The van der Waals surface area contributed by atoms with E-state index in [2.05, 4.69) is 13.8 Å². The van der Waals surface area contributed by atoms with E-state index < -0.39 is 0 Å². The number of aliphatic hydroxyl groups excluding tert-OH is 2. The van der Waals surface area contributed by atoms with Crippen molar-refractivity contribution in [3.8, 4) is 0 Å². The summed E-state index contributed by atoms with van der Waals surface area (Å²) in [4.78, 5) is 0. The molecule has 0 radical (unpaired) electrons. The molecule has 0 fully saturated rings. The fraction of sp³-hybridized carbons (Fsp3) is 1.00. The van der Waals surface area contributed by atoms with Gasteiger partial charge in [-0.2, -0.15) is 0 Å². The average Bonchev–Trinajstić information content (AvgIpc) is 2.83. The summed E-state index contributed by atoms with van der Waals surface area (Å²) in [6, 6.07) is 0. The van der Waals surface area contributed by atoms with E-state index in [9.17, 15) is 10.2 Å². The molecule has 0 amide bonds. The van der Waals surface area contributed by atoms with Gasteiger partial charge in [0.25, 0.3) is 0 Å². The molecule has 0 saturated heterocycles. The zero-order valence-corrected chi connectivity index (χ0v) is 23.8. The quantitative estimate of drug-likeness (QED) is 0.104. The SMILES string of the molecule is CCCCCCCCCCCC(O)CCCCCCCCC(O)CCCCCCCCCCC. The summed E-state index contributed by atoms with van der Waals surface area (Å²) >= 11 is 0. The van der Waals surface area contributed by atoms with Gasteiger partial charge in [0.2, 0.25) is 0 Å². The summed E-state index contributed by atoms with van der Waals surface area (Å²) in [6.07, 6.45) is 35.7. The molecule has 206 valence electrons. The molecule has 2 nitrogen and oxygen atoms in total. The Kier molecular flexibility index (Phi) is 29.1. The van der Waals surface area contributed by atoms with Gasteiger partial charge in [-0.1, -0.05) is 168 Å². The van der Waals surface area contributed by atoms with E-state index in [1.165, 1.54) is 154 Å². The second-order valence-electron chi connectivity index (χ2n) is 11.2. The standard InChI is InChI=1S/C32H66O2/c1-3-5-7-9-11-13-15-19-23-27-31(33)29-25-21-17-18-22-26-30-32(34)28-24-20-16-14-12-10-8-6-4-2/h31-34H,3-30H2,1-2H3. The lowest BCUT2D eigenvalue weighted by molar-refractivity contribution is 0.145. The first kappa shape index (κ1) is 33.9. The lowest BCUT2D eigenvalue weighted by atomic mass is 10.0. The Balaban J connectivity index is 3.24. The van der Waals surface area contributed by atoms with Crippen LogP contribution in [-0.4, -0.2) is 22.4 Å². The van der Waals surface area contributed by atoms with Crippen molar-refractivity contribution in [1.29, 1.82) is 0 Å². The van der Waals surface area contributed by atoms with E-state index in [0.29, 0.717) is 0 Å². The van der Waals surface area contributed by atoms with Gasteiger partial charge in [-0.05, 0) is 25.7 Å². The minimum absolute atomic E-state index is 0.0687. The van der Waals surface area contributed by atoms with Crippen LogP contribution in [0.25, 0.3) is 0 Å². The second kappa shape index (κ2) is 29.2. The van der Waals surface area contributed by atoms with Gasteiger partial charge in [-0.15, -0.1) is 0 Å². The van der Waals surface area contributed by atoms with Gasteiger partial charge in [0, 0.05) is 0 Å². The van der Waals surface area contributed by atoms with Crippen LogP contribution in [0.1, 0.15) is 194 Å². The van der Waals surface area contributed by atoms with E-state index in [-0.39, 0.29) is 12.2 Å². The highest BCUT2D eigenvalue weighted by Gasteiger charge is 2.05. The summed E-state index contributed by atoms with van der Waals surface area (Å²) in [7, 11) is 0. The highest BCUT2D eigenvalue weighted by molar-refractivity contribution is 4.59. The smallest absolute Gasteiger partial charge is 0.0540 e. The summed E-state index contributed by atoms with van der Waals surface area (Å²) in [5.41, 5.74) is 0. The molecule has 0 bridgehead atoms. The van der Waals surface area contributed by atoms with Gasteiger partial charge < -0.3 is 10.2 Å². The fourth-order valence-electron chi connectivity index (χ4n) is 5.14. The van der Waals surface area contributed by atoms with Crippen molar-refractivity contribution in [3.63, 3.8) is 0 Å². The van der Waals surface area contributed by atoms with Crippen LogP contribution in [-0.2, 0) is 0 Å². The zero-order chi connectivity index (χ0) is 25.0. The number of rotatable bonds is 29. The lowest BCUT2D eigenvalue weighted by Gasteiger charge is -2.11. The largest absolute Gasteiger partial charge is 0.393 e. The third kappa shape index (κ3) is 28.2. The lowest BCUT2D eigenvalue weighted by Crippen LogP contribution is -2.06. The molecule has 0 spiro atoms. The van der Waals surface area contributed by atoms with Crippen LogP contribution in [0.3, 0.4) is 0 Å². The van der Waals surface area contributed by atoms with E-state index in [1.54, 1.807) is 0 Å². The molecule has 34 heavy (non-hydrogen) atoms. The maximum absolute atomic E-state index is 10.2. The van der Waals surface area contributed by atoms with Crippen molar-refractivity contribution in [2.24, 2.45) is 0 Å². The molecule has 0 aliphatic carbocycles. The van der Waals surface area contributed by atoms with Crippen molar-refractivity contribution in [1.82, 2.24) is 0 Å². The maximum Gasteiger partial charge on any atom is 0.0540 e. The molecule has 0 aromatic carbocycles. The number of hydrogen-bond donors (Lipinski definition) is 2. The molecule has 2 unspecified atom stereocenters. The van der Waals surface area contributed by atoms with Crippen LogP contribution in [0.15, 0.2) is 0 Å². The zero-order valence-electron chi connectivity index (χ0n) is 23.8. The van der Waals surface area contributed by atoms with Crippen molar-refractivity contribution < 1.29 is 10.2 Å². The normalized spacial score (nSPS) is 13.4. The summed E-state index contributed by atoms with van der Waals surface area (Å²) in [6.45, 7) is 4.55. The Morgan fingerprint density at radius 3 is 0.676 bits per heavy atom. The monoisotopic (exact) mass is 483 g/mol. The van der Waals surface area contributed by atoms with Gasteiger partial charge in [-0.25, -0.2) is 0 Å².